The van der Waals surface area contributed by atoms with Gasteiger partial charge in [0.1, 0.15) is 5.69 Å². The Kier molecular flexibility index (Phi) is 4.15. The van der Waals surface area contributed by atoms with Gasteiger partial charge in [-0.25, -0.2) is 0 Å². The van der Waals surface area contributed by atoms with Crippen molar-refractivity contribution in [3.8, 4) is 0 Å². The molecule has 0 unspecified atom stereocenters. The SMILES string of the molecule is O=[N+]([O-])c1cc(I)ccc1N1CCC(c2noc(C3CC3)n2)CC1. The molecule has 126 valence electrons. The Morgan fingerprint density at radius 1 is 1.21 bits per heavy atom. The Morgan fingerprint density at radius 2 is 1.96 bits per heavy atom. The van der Waals surface area contributed by atoms with Crippen molar-refractivity contribution in [2.45, 2.75) is 37.5 Å². The second kappa shape index (κ2) is 6.30. The fourth-order valence-electron chi connectivity index (χ4n) is 3.20. The molecule has 0 amide bonds. The second-order valence-electron chi connectivity index (χ2n) is 6.42. The lowest BCUT2D eigenvalue weighted by Crippen LogP contribution is -2.33. The zero-order chi connectivity index (χ0) is 16.7. The maximum absolute atomic E-state index is 11.3. The van der Waals surface area contributed by atoms with Gasteiger partial charge >= 0.3 is 0 Å². The van der Waals surface area contributed by atoms with Crippen molar-refractivity contribution in [3.63, 3.8) is 0 Å². The number of nitrogens with zero attached hydrogens (tertiary/aromatic N) is 4. The lowest BCUT2D eigenvalue weighted by molar-refractivity contribution is -0.384. The van der Waals surface area contributed by atoms with Crippen LogP contribution in [0, 0.1) is 13.7 Å². The minimum absolute atomic E-state index is 0.177. The molecule has 2 heterocycles. The van der Waals surface area contributed by atoms with E-state index in [1.54, 1.807) is 6.07 Å². The third-order valence-electron chi connectivity index (χ3n) is 4.72. The fourth-order valence-corrected chi connectivity index (χ4v) is 3.67. The summed E-state index contributed by atoms with van der Waals surface area (Å²) in [6, 6.07) is 5.39. The van der Waals surface area contributed by atoms with Crippen LogP contribution >= 0.6 is 22.6 Å². The zero-order valence-electron chi connectivity index (χ0n) is 13.0. The zero-order valence-corrected chi connectivity index (χ0v) is 15.2. The molecule has 2 fully saturated rings. The molecule has 1 aromatic carbocycles. The molecular weight excluding hydrogens is 423 g/mol. The van der Waals surface area contributed by atoms with Crippen LogP contribution in [0.3, 0.4) is 0 Å². The van der Waals surface area contributed by atoms with Crippen LogP contribution in [0.5, 0.6) is 0 Å². The average molecular weight is 440 g/mol. The highest BCUT2D eigenvalue weighted by Crippen LogP contribution is 2.40. The first kappa shape index (κ1) is 15.8. The molecule has 2 aliphatic rings. The molecule has 1 aliphatic carbocycles. The molecule has 0 spiro atoms. The summed E-state index contributed by atoms with van der Waals surface area (Å²) in [7, 11) is 0. The fraction of sp³-hybridized carbons (Fsp3) is 0.500. The molecule has 2 aromatic rings. The van der Waals surface area contributed by atoms with Gasteiger partial charge in [0.05, 0.1) is 4.92 Å². The summed E-state index contributed by atoms with van der Waals surface area (Å²) in [6.45, 7) is 1.53. The van der Waals surface area contributed by atoms with Crippen molar-refractivity contribution in [2.75, 3.05) is 18.0 Å². The predicted molar refractivity (Wildman–Crippen MR) is 96.3 cm³/mol. The normalized spacial score (nSPS) is 18.8. The number of halogens is 1. The van der Waals surface area contributed by atoms with E-state index in [0.29, 0.717) is 11.6 Å². The number of benzene rings is 1. The van der Waals surface area contributed by atoms with E-state index in [0.717, 1.165) is 54.1 Å². The molecule has 0 atom stereocenters. The minimum Gasteiger partial charge on any atom is -0.366 e. The van der Waals surface area contributed by atoms with Crippen molar-refractivity contribution in [1.29, 1.82) is 0 Å². The summed E-state index contributed by atoms with van der Waals surface area (Å²) in [6.07, 6.45) is 4.06. The molecule has 1 aliphatic heterocycles. The molecule has 1 saturated carbocycles. The third kappa shape index (κ3) is 3.11. The molecule has 0 radical (unpaired) electrons. The van der Waals surface area contributed by atoms with Gasteiger partial charge in [0, 0.05) is 34.6 Å². The molecule has 1 saturated heterocycles. The highest BCUT2D eigenvalue weighted by molar-refractivity contribution is 14.1. The Morgan fingerprint density at radius 3 is 2.62 bits per heavy atom. The van der Waals surface area contributed by atoms with Gasteiger partial charge < -0.3 is 9.42 Å². The Bertz CT molecular complexity index is 766. The highest BCUT2D eigenvalue weighted by atomic mass is 127. The average Bonchev–Trinajstić information content (AvgIpc) is 3.32. The molecule has 8 heteroatoms. The molecule has 4 rings (SSSR count). The molecule has 7 nitrogen and oxygen atoms in total. The van der Waals surface area contributed by atoms with Crippen LogP contribution in [0.25, 0.3) is 0 Å². The van der Waals surface area contributed by atoms with E-state index in [4.69, 9.17) is 4.52 Å². The van der Waals surface area contributed by atoms with Crippen LogP contribution in [-0.2, 0) is 0 Å². The van der Waals surface area contributed by atoms with Gasteiger partial charge in [0.25, 0.3) is 5.69 Å². The van der Waals surface area contributed by atoms with E-state index in [1.165, 1.54) is 0 Å². The van der Waals surface area contributed by atoms with Crippen LogP contribution in [-0.4, -0.2) is 28.2 Å². The van der Waals surface area contributed by atoms with Gasteiger partial charge in [-0.2, -0.15) is 4.98 Å². The summed E-state index contributed by atoms with van der Waals surface area (Å²) >= 11 is 2.10. The number of hydrogen-bond acceptors (Lipinski definition) is 6. The number of nitro groups is 1. The number of nitro benzene ring substituents is 1. The Hall–Kier alpha value is -1.71. The van der Waals surface area contributed by atoms with E-state index >= 15 is 0 Å². The van der Waals surface area contributed by atoms with E-state index in [2.05, 4.69) is 37.6 Å². The number of piperidine rings is 1. The molecular formula is C16H17IN4O3. The van der Waals surface area contributed by atoms with Crippen LogP contribution in [0.15, 0.2) is 22.7 Å². The lowest BCUT2D eigenvalue weighted by atomic mass is 9.95. The predicted octanol–water partition coefficient (Wildman–Crippen LogP) is 3.84. The number of hydrogen-bond donors (Lipinski definition) is 0. The van der Waals surface area contributed by atoms with Gasteiger partial charge in [-0.15, -0.1) is 0 Å². The smallest absolute Gasteiger partial charge is 0.293 e. The first-order valence-corrected chi connectivity index (χ1v) is 9.22. The maximum atomic E-state index is 11.3. The van der Waals surface area contributed by atoms with Crippen LogP contribution < -0.4 is 4.90 Å². The summed E-state index contributed by atoms with van der Waals surface area (Å²) in [5.41, 5.74) is 0.876. The van der Waals surface area contributed by atoms with E-state index in [1.807, 2.05) is 12.1 Å². The van der Waals surface area contributed by atoms with E-state index < -0.39 is 0 Å². The Balaban J connectivity index is 1.46. The van der Waals surface area contributed by atoms with Crippen molar-refractivity contribution >= 4 is 34.0 Å². The Labute approximate surface area is 152 Å². The molecule has 1 aromatic heterocycles. The van der Waals surface area contributed by atoms with Gasteiger partial charge in [-0.05, 0) is 60.4 Å². The molecule has 0 N–H and O–H groups in total. The quantitative estimate of drug-likeness (QED) is 0.408. The van der Waals surface area contributed by atoms with Crippen molar-refractivity contribution in [1.82, 2.24) is 10.1 Å². The first-order valence-electron chi connectivity index (χ1n) is 8.14. The number of rotatable bonds is 4. The second-order valence-corrected chi connectivity index (χ2v) is 7.66. The van der Waals surface area contributed by atoms with E-state index in [9.17, 15) is 10.1 Å². The summed E-state index contributed by atoms with van der Waals surface area (Å²) in [5.74, 6) is 2.33. The minimum atomic E-state index is -0.301. The van der Waals surface area contributed by atoms with E-state index in [-0.39, 0.29) is 16.5 Å². The molecule has 0 bridgehead atoms. The van der Waals surface area contributed by atoms with Crippen LogP contribution in [0.4, 0.5) is 11.4 Å². The van der Waals surface area contributed by atoms with Gasteiger partial charge in [-0.1, -0.05) is 5.16 Å². The summed E-state index contributed by atoms with van der Waals surface area (Å²) < 4.78 is 6.22. The first-order chi connectivity index (χ1) is 11.6. The van der Waals surface area contributed by atoms with Crippen molar-refractivity contribution < 1.29 is 9.45 Å². The standard InChI is InChI=1S/C16H17IN4O3/c17-12-3-4-13(14(9-12)21(22)23)20-7-5-10(6-8-20)15-18-16(24-19-15)11-1-2-11/h3-4,9-11H,1-2,5-8H2. The van der Waals surface area contributed by atoms with Gasteiger partial charge in [0.15, 0.2) is 5.82 Å². The number of anilines is 1. The van der Waals surface area contributed by atoms with Gasteiger partial charge in [0.2, 0.25) is 5.89 Å². The van der Waals surface area contributed by atoms with Crippen molar-refractivity contribution in [2.24, 2.45) is 0 Å². The monoisotopic (exact) mass is 440 g/mol. The van der Waals surface area contributed by atoms with Gasteiger partial charge in [-0.3, -0.25) is 10.1 Å². The number of aromatic nitrogens is 2. The van der Waals surface area contributed by atoms with Crippen LogP contribution in [0.2, 0.25) is 0 Å². The van der Waals surface area contributed by atoms with Crippen LogP contribution in [0.1, 0.15) is 49.2 Å². The highest BCUT2D eigenvalue weighted by Gasteiger charge is 2.32. The third-order valence-corrected chi connectivity index (χ3v) is 5.39. The summed E-state index contributed by atoms with van der Waals surface area (Å²) in [4.78, 5) is 17.7. The lowest BCUT2D eigenvalue weighted by Gasteiger charge is -2.32. The topological polar surface area (TPSA) is 85.3 Å². The maximum Gasteiger partial charge on any atom is 0.293 e. The largest absolute Gasteiger partial charge is 0.366 e. The van der Waals surface area contributed by atoms with Crippen molar-refractivity contribution in [3.05, 3.63) is 43.6 Å². The summed E-state index contributed by atoms with van der Waals surface area (Å²) in [5, 5.41) is 15.5. The molecule has 24 heavy (non-hydrogen) atoms.